The minimum atomic E-state index is -0.246. The number of rotatable bonds is 7. The first-order valence-electron chi connectivity index (χ1n) is 13.8. The summed E-state index contributed by atoms with van der Waals surface area (Å²) in [5.41, 5.74) is 3.91. The predicted octanol–water partition coefficient (Wildman–Crippen LogP) is 4.88. The monoisotopic (exact) mass is 514 g/mol. The fourth-order valence-corrected chi connectivity index (χ4v) is 6.45. The molecule has 200 valence electrons. The number of hydrogen-bond acceptors (Lipinski definition) is 6. The summed E-state index contributed by atoms with van der Waals surface area (Å²) >= 11 is 0. The Labute approximate surface area is 224 Å². The van der Waals surface area contributed by atoms with Crippen LogP contribution in [0.25, 0.3) is 0 Å². The third-order valence-electron chi connectivity index (χ3n) is 8.87. The molecule has 0 saturated heterocycles. The topological polar surface area (TPSA) is 94.0 Å². The summed E-state index contributed by atoms with van der Waals surface area (Å²) in [5.74, 6) is 2.20. The molecular formula is C30H38N6O2. The highest BCUT2D eigenvalue weighted by atomic mass is 16.5. The number of fused-ring (bicyclic) bond motifs is 1. The van der Waals surface area contributed by atoms with E-state index in [0.717, 1.165) is 46.9 Å². The number of pyridine rings is 1. The van der Waals surface area contributed by atoms with Gasteiger partial charge in [0.1, 0.15) is 23.6 Å². The van der Waals surface area contributed by atoms with Crippen LogP contribution in [0.3, 0.4) is 0 Å². The van der Waals surface area contributed by atoms with Gasteiger partial charge in [0, 0.05) is 35.8 Å². The number of carbonyl (C=O) groups excluding carboxylic acids is 1. The standard InChI is InChI=1S/C30H38N6O2/c1-19-14-30(15-19,27-35-32-18-36(27)5)21-8-6-9-22(13-21)33-26(37)23-12-20(16-31-29(4)10-7-11-29)24-25(34-23)28(2,3)17-38-24/h6,8-9,12-13,18-19,31H,7,10-11,14-17H2,1-5H3,(H,33,37). The van der Waals surface area contributed by atoms with E-state index in [1.165, 1.54) is 19.3 Å². The lowest BCUT2D eigenvalue weighted by atomic mass is 9.58. The Morgan fingerprint density at radius 1 is 1.18 bits per heavy atom. The van der Waals surface area contributed by atoms with Crippen LogP contribution in [0.15, 0.2) is 36.7 Å². The molecule has 2 N–H and O–H groups in total. The van der Waals surface area contributed by atoms with Crippen molar-refractivity contribution in [3.8, 4) is 5.75 Å². The maximum absolute atomic E-state index is 13.6. The molecule has 0 radical (unpaired) electrons. The number of ether oxygens (including phenoxy) is 1. The molecular weight excluding hydrogens is 476 g/mol. The highest BCUT2D eigenvalue weighted by molar-refractivity contribution is 6.03. The molecule has 2 aromatic heterocycles. The number of carbonyl (C=O) groups is 1. The Bertz CT molecular complexity index is 1380. The molecule has 0 bridgehead atoms. The van der Waals surface area contributed by atoms with Crippen LogP contribution in [-0.2, 0) is 24.4 Å². The fourth-order valence-electron chi connectivity index (χ4n) is 6.45. The Morgan fingerprint density at radius 3 is 2.63 bits per heavy atom. The molecule has 2 fully saturated rings. The number of amides is 1. The summed E-state index contributed by atoms with van der Waals surface area (Å²) in [6.45, 7) is 9.99. The summed E-state index contributed by atoms with van der Waals surface area (Å²) in [7, 11) is 1.99. The number of nitrogens with one attached hydrogen (secondary N) is 2. The minimum absolute atomic E-state index is 0.158. The van der Waals surface area contributed by atoms with Crippen molar-refractivity contribution < 1.29 is 9.53 Å². The third-order valence-corrected chi connectivity index (χ3v) is 8.87. The molecule has 8 nitrogen and oxygen atoms in total. The van der Waals surface area contributed by atoms with E-state index >= 15 is 0 Å². The zero-order valence-corrected chi connectivity index (χ0v) is 23.1. The molecule has 38 heavy (non-hydrogen) atoms. The largest absolute Gasteiger partial charge is 0.490 e. The van der Waals surface area contributed by atoms with Gasteiger partial charge >= 0.3 is 0 Å². The number of benzene rings is 1. The van der Waals surface area contributed by atoms with Crippen molar-refractivity contribution in [2.75, 3.05) is 11.9 Å². The van der Waals surface area contributed by atoms with E-state index in [1.807, 2.05) is 29.8 Å². The maximum atomic E-state index is 13.6. The van der Waals surface area contributed by atoms with Gasteiger partial charge in [-0.05, 0) is 68.7 Å². The summed E-state index contributed by atoms with van der Waals surface area (Å²) < 4.78 is 8.10. The van der Waals surface area contributed by atoms with Gasteiger partial charge in [-0.25, -0.2) is 4.98 Å². The molecule has 2 saturated carbocycles. The van der Waals surface area contributed by atoms with Crippen molar-refractivity contribution in [3.05, 3.63) is 65.0 Å². The van der Waals surface area contributed by atoms with E-state index in [0.29, 0.717) is 24.8 Å². The van der Waals surface area contributed by atoms with Crippen LogP contribution in [0, 0.1) is 5.92 Å². The number of aryl methyl sites for hydroxylation is 1. The summed E-state index contributed by atoms with van der Waals surface area (Å²) in [6.07, 6.45) is 7.37. The Balaban J connectivity index is 1.28. The average Bonchev–Trinajstić information content (AvgIpc) is 3.41. The molecule has 0 spiro atoms. The van der Waals surface area contributed by atoms with E-state index in [-0.39, 0.29) is 22.3 Å². The second-order valence-corrected chi connectivity index (χ2v) is 12.7. The highest BCUT2D eigenvalue weighted by Gasteiger charge is 2.48. The summed E-state index contributed by atoms with van der Waals surface area (Å²) in [5, 5.41) is 15.4. The number of nitrogens with zero attached hydrogens (tertiary/aromatic N) is 4. The van der Waals surface area contributed by atoms with E-state index in [9.17, 15) is 4.79 Å². The lowest BCUT2D eigenvalue weighted by Crippen LogP contribution is -2.47. The quantitative estimate of drug-likeness (QED) is 0.467. The number of aromatic nitrogens is 4. The maximum Gasteiger partial charge on any atom is 0.274 e. The first-order chi connectivity index (χ1) is 18.1. The fraction of sp³-hybridized carbons (Fsp3) is 0.533. The lowest BCUT2D eigenvalue weighted by molar-refractivity contribution is 0.102. The number of anilines is 1. The van der Waals surface area contributed by atoms with Crippen LogP contribution >= 0.6 is 0 Å². The smallest absolute Gasteiger partial charge is 0.274 e. The SMILES string of the molecule is CC1CC(c2cccc(NC(=O)c3cc(CNC4(C)CCC4)c4c(n3)C(C)(C)CO4)c2)(c2nncn2C)C1. The minimum Gasteiger partial charge on any atom is -0.490 e. The summed E-state index contributed by atoms with van der Waals surface area (Å²) in [6, 6.07) is 10.1. The van der Waals surface area contributed by atoms with Crippen molar-refractivity contribution in [1.82, 2.24) is 25.1 Å². The molecule has 1 amide bonds. The molecule has 8 heteroatoms. The van der Waals surface area contributed by atoms with Crippen LogP contribution in [0.1, 0.15) is 92.9 Å². The van der Waals surface area contributed by atoms with Gasteiger partial charge in [0.15, 0.2) is 0 Å². The first-order valence-corrected chi connectivity index (χ1v) is 13.8. The molecule has 1 aliphatic heterocycles. The van der Waals surface area contributed by atoms with Gasteiger partial charge in [-0.3, -0.25) is 4.79 Å². The van der Waals surface area contributed by atoms with E-state index < -0.39 is 0 Å². The molecule has 6 rings (SSSR count). The van der Waals surface area contributed by atoms with Crippen molar-refractivity contribution in [2.45, 2.75) is 82.7 Å². The van der Waals surface area contributed by atoms with Gasteiger partial charge in [-0.2, -0.15) is 0 Å². The van der Waals surface area contributed by atoms with Crippen LogP contribution < -0.4 is 15.4 Å². The Kier molecular flexibility index (Phi) is 5.87. The molecule has 2 aliphatic carbocycles. The van der Waals surface area contributed by atoms with E-state index in [1.54, 1.807) is 6.33 Å². The molecule has 3 aliphatic rings. The number of hydrogen-bond donors (Lipinski definition) is 2. The molecule has 1 aromatic carbocycles. The lowest BCUT2D eigenvalue weighted by Gasteiger charge is -2.46. The van der Waals surface area contributed by atoms with Crippen molar-refractivity contribution >= 4 is 11.6 Å². The summed E-state index contributed by atoms with van der Waals surface area (Å²) in [4.78, 5) is 18.4. The third kappa shape index (κ3) is 4.19. The van der Waals surface area contributed by atoms with Gasteiger partial charge in [0.2, 0.25) is 0 Å². The van der Waals surface area contributed by atoms with Crippen LogP contribution in [0.5, 0.6) is 5.75 Å². The molecule has 3 aromatic rings. The Morgan fingerprint density at radius 2 is 1.97 bits per heavy atom. The second-order valence-electron chi connectivity index (χ2n) is 12.7. The van der Waals surface area contributed by atoms with Gasteiger partial charge in [-0.15, -0.1) is 10.2 Å². The van der Waals surface area contributed by atoms with Crippen molar-refractivity contribution in [3.63, 3.8) is 0 Å². The Hall–Kier alpha value is -3.26. The molecule has 0 unspecified atom stereocenters. The first kappa shape index (κ1) is 25.0. The van der Waals surface area contributed by atoms with Gasteiger partial charge in [-0.1, -0.05) is 32.9 Å². The normalized spacial score (nSPS) is 24.6. The predicted molar refractivity (Wildman–Crippen MR) is 146 cm³/mol. The van der Waals surface area contributed by atoms with Gasteiger partial charge in [0.25, 0.3) is 5.91 Å². The van der Waals surface area contributed by atoms with Crippen LogP contribution in [-0.4, -0.2) is 37.8 Å². The highest BCUT2D eigenvalue weighted by Crippen LogP contribution is 2.51. The molecule has 3 heterocycles. The second kappa shape index (κ2) is 8.90. The van der Waals surface area contributed by atoms with Gasteiger partial charge < -0.3 is 19.9 Å². The average molecular weight is 515 g/mol. The van der Waals surface area contributed by atoms with Crippen LogP contribution in [0.2, 0.25) is 0 Å². The van der Waals surface area contributed by atoms with E-state index in [2.05, 4.69) is 60.7 Å². The van der Waals surface area contributed by atoms with Gasteiger partial charge in [0.05, 0.1) is 17.7 Å². The zero-order chi connectivity index (χ0) is 26.7. The van der Waals surface area contributed by atoms with Crippen molar-refractivity contribution in [2.24, 2.45) is 13.0 Å². The van der Waals surface area contributed by atoms with E-state index in [4.69, 9.17) is 9.72 Å². The van der Waals surface area contributed by atoms with Crippen molar-refractivity contribution in [1.29, 1.82) is 0 Å². The molecule has 0 atom stereocenters. The van der Waals surface area contributed by atoms with Crippen LogP contribution in [0.4, 0.5) is 5.69 Å². The zero-order valence-electron chi connectivity index (χ0n) is 23.1.